The molecule has 0 radical (unpaired) electrons. The van der Waals surface area contributed by atoms with Crippen molar-refractivity contribution in [1.82, 2.24) is 0 Å². The van der Waals surface area contributed by atoms with Gasteiger partial charge in [-0.1, -0.05) is 26.7 Å². The summed E-state index contributed by atoms with van der Waals surface area (Å²) in [7, 11) is 0. The van der Waals surface area contributed by atoms with Gasteiger partial charge in [0, 0.05) is 11.8 Å². The molecule has 2 saturated carbocycles. The van der Waals surface area contributed by atoms with Gasteiger partial charge in [0.25, 0.3) is 0 Å². The number of carbonyl (C=O) groups excluding carboxylic acids is 1. The molecule has 1 nitrogen and oxygen atoms in total. The second-order valence-corrected chi connectivity index (χ2v) is 5.33. The lowest BCUT2D eigenvalue weighted by Gasteiger charge is -2.45. The van der Waals surface area contributed by atoms with Crippen molar-refractivity contribution in [3.05, 3.63) is 0 Å². The first kappa shape index (κ1) is 9.23. The van der Waals surface area contributed by atoms with E-state index in [0.717, 1.165) is 12.8 Å². The van der Waals surface area contributed by atoms with Crippen LogP contribution in [-0.2, 0) is 4.79 Å². The van der Waals surface area contributed by atoms with Gasteiger partial charge in [-0.2, -0.15) is 0 Å². The summed E-state index contributed by atoms with van der Waals surface area (Å²) in [5.41, 5.74) is 0.0742. The molecule has 2 rings (SSSR count). The van der Waals surface area contributed by atoms with Crippen LogP contribution in [0.1, 0.15) is 52.4 Å². The van der Waals surface area contributed by atoms with E-state index in [0.29, 0.717) is 17.6 Å². The standard InChI is InChI=1S/C12H20O/c1-9-7-10-5-3-4-6-12(10,2)11(13)8-9/h9-10H,3-8H2,1-2H3/t9-,10+,12-/m1/s1. The predicted molar refractivity (Wildman–Crippen MR) is 53.5 cm³/mol. The number of hydrogen-bond donors (Lipinski definition) is 0. The first-order valence-corrected chi connectivity index (χ1v) is 5.66. The van der Waals surface area contributed by atoms with Crippen molar-refractivity contribution in [1.29, 1.82) is 0 Å². The molecular weight excluding hydrogens is 160 g/mol. The molecule has 1 heteroatoms. The fourth-order valence-corrected chi connectivity index (χ4v) is 3.27. The highest BCUT2D eigenvalue weighted by Crippen LogP contribution is 2.49. The Morgan fingerprint density at radius 2 is 2.15 bits per heavy atom. The van der Waals surface area contributed by atoms with Crippen LogP contribution in [0.15, 0.2) is 0 Å². The molecule has 0 aliphatic heterocycles. The van der Waals surface area contributed by atoms with Crippen molar-refractivity contribution >= 4 is 5.78 Å². The molecule has 0 aromatic heterocycles. The van der Waals surface area contributed by atoms with Crippen LogP contribution < -0.4 is 0 Å². The second-order valence-electron chi connectivity index (χ2n) is 5.33. The van der Waals surface area contributed by atoms with Crippen molar-refractivity contribution in [2.75, 3.05) is 0 Å². The van der Waals surface area contributed by atoms with Gasteiger partial charge >= 0.3 is 0 Å². The largest absolute Gasteiger partial charge is 0.299 e. The van der Waals surface area contributed by atoms with Crippen molar-refractivity contribution in [3.8, 4) is 0 Å². The summed E-state index contributed by atoms with van der Waals surface area (Å²) in [4.78, 5) is 12.0. The lowest BCUT2D eigenvalue weighted by atomic mass is 9.58. The lowest BCUT2D eigenvalue weighted by Crippen LogP contribution is -2.43. The fraction of sp³-hybridized carbons (Fsp3) is 0.917. The summed E-state index contributed by atoms with van der Waals surface area (Å²) >= 11 is 0. The molecular formula is C12H20O. The van der Waals surface area contributed by atoms with E-state index < -0.39 is 0 Å². The highest BCUT2D eigenvalue weighted by atomic mass is 16.1. The molecule has 13 heavy (non-hydrogen) atoms. The molecule has 0 aromatic carbocycles. The first-order valence-electron chi connectivity index (χ1n) is 5.66. The van der Waals surface area contributed by atoms with Crippen molar-refractivity contribution in [2.24, 2.45) is 17.3 Å². The number of rotatable bonds is 0. The zero-order valence-corrected chi connectivity index (χ0v) is 8.81. The van der Waals surface area contributed by atoms with Gasteiger partial charge in [0.1, 0.15) is 5.78 Å². The van der Waals surface area contributed by atoms with Crippen LogP contribution >= 0.6 is 0 Å². The Balaban J connectivity index is 2.20. The molecule has 0 spiro atoms. The lowest BCUT2D eigenvalue weighted by molar-refractivity contribution is -0.138. The van der Waals surface area contributed by atoms with Crippen molar-refractivity contribution in [3.63, 3.8) is 0 Å². The quantitative estimate of drug-likeness (QED) is 0.559. The number of carbonyl (C=O) groups is 1. The van der Waals surface area contributed by atoms with Crippen LogP contribution in [0, 0.1) is 17.3 Å². The molecule has 74 valence electrons. The SMILES string of the molecule is C[C@H]1CC(=O)[C@]2(C)CCCC[C@H]2C1. The van der Waals surface area contributed by atoms with Crippen molar-refractivity contribution in [2.45, 2.75) is 52.4 Å². The molecule has 0 heterocycles. The zero-order chi connectivity index (χ0) is 9.47. The van der Waals surface area contributed by atoms with E-state index in [1.54, 1.807) is 0 Å². The molecule has 0 N–H and O–H groups in total. The van der Waals surface area contributed by atoms with E-state index >= 15 is 0 Å². The summed E-state index contributed by atoms with van der Waals surface area (Å²) in [6.45, 7) is 4.44. The number of ketones is 1. The molecule has 0 bridgehead atoms. The minimum Gasteiger partial charge on any atom is -0.299 e. The monoisotopic (exact) mass is 180 g/mol. The van der Waals surface area contributed by atoms with Crippen LogP contribution in [0.5, 0.6) is 0 Å². The average molecular weight is 180 g/mol. The summed E-state index contributed by atoms with van der Waals surface area (Å²) in [6.07, 6.45) is 7.21. The summed E-state index contributed by atoms with van der Waals surface area (Å²) in [5.74, 6) is 1.90. The maximum absolute atomic E-state index is 12.0. The highest BCUT2D eigenvalue weighted by Gasteiger charge is 2.45. The summed E-state index contributed by atoms with van der Waals surface area (Å²) in [5, 5.41) is 0. The summed E-state index contributed by atoms with van der Waals surface area (Å²) in [6, 6.07) is 0. The fourth-order valence-electron chi connectivity index (χ4n) is 3.27. The second kappa shape index (κ2) is 3.11. The zero-order valence-electron chi connectivity index (χ0n) is 8.81. The van der Waals surface area contributed by atoms with E-state index in [-0.39, 0.29) is 5.41 Å². The molecule has 2 aliphatic carbocycles. The smallest absolute Gasteiger partial charge is 0.139 e. The molecule has 3 atom stereocenters. The van der Waals surface area contributed by atoms with Crippen LogP contribution in [-0.4, -0.2) is 5.78 Å². The topological polar surface area (TPSA) is 17.1 Å². The van der Waals surface area contributed by atoms with Crippen LogP contribution in [0.2, 0.25) is 0 Å². The van der Waals surface area contributed by atoms with Gasteiger partial charge in [0.05, 0.1) is 0 Å². The van der Waals surface area contributed by atoms with Gasteiger partial charge in [-0.05, 0) is 31.1 Å². The predicted octanol–water partition coefficient (Wildman–Crippen LogP) is 3.18. The number of fused-ring (bicyclic) bond motifs is 1. The highest BCUT2D eigenvalue weighted by molar-refractivity contribution is 5.85. The van der Waals surface area contributed by atoms with Crippen LogP contribution in [0.4, 0.5) is 0 Å². The third-order valence-corrected chi connectivity index (χ3v) is 4.26. The Kier molecular flexibility index (Phi) is 2.21. The van der Waals surface area contributed by atoms with Gasteiger partial charge in [0.15, 0.2) is 0 Å². The van der Waals surface area contributed by atoms with E-state index in [9.17, 15) is 4.79 Å². The molecule has 2 aliphatic rings. The van der Waals surface area contributed by atoms with E-state index in [1.165, 1.54) is 25.7 Å². The van der Waals surface area contributed by atoms with Crippen LogP contribution in [0.3, 0.4) is 0 Å². The van der Waals surface area contributed by atoms with Gasteiger partial charge < -0.3 is 0 Å². The number of hydrogen-bond acceptors (Lipinski definition) is 1. The normalized spacial score (nSPS) is 45.8. The Bertz CT molecular complexity index is 221. The summed E-state index contributed by atoms with van der Waals surface area (Å²) < 4.78 is 0. The maximum atomic E-state index is 12.0. The Morgan fingerprint density at radius 1 is 1.38 bits per heavy atom. The van der Waals surface area contributed by atoms with Gasteiger partial charge in [-0.3, -0.25) is 4.79 Å². The van der Waals surface area contributed by atoms with Gasteiger partial charge in [0.2, 0.25) is 0 Å². The minimum atomic E-state index is 0.0742. The first-order chi connectivity index (χ1) is 6.13. The van der Waals surface area contributed by atoms with E-state index in [2.05, 4.69) is 13.8 Å². The molecule has 2 fully saturated rings. The molecule has 0 unspecified atom stereocenters. The Morgan fingerprint density at radius 3 is 2.92 bits per heavy atom. The molecule has 0 saturated heterocycles. The van der Waals surface area contributed by atoms with Crippen molar-refractivity contribution < 1.29 is 4.79 Å². The third kappa shape index (κ3) is 1.43. The van der Waals surface area contributed by atoms with Crippen LogP contribution in [0.25, 0.3) is 0 Å². The maximum Gasteiger partial charge on any atom is 0.139 e. The van der Waals surface area contributed by atoms with E-state index in [4.69, 9.17) is 0 Å². The van der Waals surface area contributed by atoms with E-state index in [1.807, 2.05) is 0 Å². The Labute approximate surface area is 80.9 Å². The minimum absolute atomic E-state index is 0.0742. The average Bonchev–Trinajstić information content (AvgIpc) is 2.07. The third-order valence-electron chi connectivity index (χ3n) is 4.26. The molecule has 0 aromatic rings. The number of Topliss-reactive ketones (excluding diaryl/α,β-unsaturated/α-hetero) is 1. The Hall–Kier alpha value is -0.330. The van der Waals surface area contributed by atoms with Gasteiger partial charge in [-0.25, -0.2) is 0 Å². The molecule has 0 amide bonds. The van der Waals surface area contributed by atoms with Gasteiger partial charge in [-0.15, -0.1) is 0 Å².